The number of halogens is 3. The van der Waals surface area contributed by atoms with Gasteiger partial charge < -0.3 is 20.7 Å². The molecule has 2 saturated heterocycles. The van der Waals surface area contributed by atoms with Crippen molar-refractivity contribution in [2.75, 3.05) is 26.7 Å². The Morgan fingerprint density at radius 1 is 0.796 bits per heavy atom. The van der Waals surface area contributed by atoms with Crippen LogP contribution in [-0.4, -0.2) is 60.5 Å². The summed E-state index contributed by atoms with van der Waals surface area (Å²) in [5, 5.41) is 11.3. The Morgan fingerprint density at radius 2 is 1.43 bits per heavy atom. The van der Waals surface area contributed by atoms with Crippen LogP contribution in [0, 0.1) is 0 Å². The molecule has 0 spiro atoms. The lowest BCUT2D eigenvalue weighted by molar-refractivity contribution is -0.120. The summed E-state index contributed by atoms with van der Waals surface area (Å²) < 4.78 is 5.66. The number of ether oxygens (including phenoxy) is 1. The Hall–Kier alpha value is -3.66. The SMILES string of the molecule is COc1nc(-c2cccc(-c3cccc(-c4ccc5c(c4Cl)CN(CC4CCC(=O)N4)CC5)c3Cl)c2Cl)ccc1CNCC1CCC(=O)N1. The van der Waals surface area contributed by atoms with Gasteiger partial charge in [-0.1, -0.05) is 89.4 Å². The van der Waals surface area contributed by atoms with Crippen molar-refractivity contribution in [2.45, 2.75) is 57.3 Å². The van der Waals surface area contributed by atoms with Gasteiger partial charge in [-0.25, -0.2) is 4.98 Å². The van der Waals surface area contributed by atoms with Gasteiger partial charge >= 0.3 is 0 Å². The second-order valence-electron chi connectivity index (χ2n) is 13.0. The van der Waals surface area contributed by atoms with Crippen LogP contribution >= 0.6 is 34.8 Å². The van der Waals surface area contributed by atoms with Crippen molar-refractivity contribution in [1.82, 2.24) is 25.8 Å². The Balaban J connectivity index is 1.13. The monoisotopic (exact) mass is 717 g/mol. The number of carbonyl (C=O) groups is 2. The third-order valence-electron chi connectivity index (χ3n) is 9.76. The van der Waals surface area contributed by atoms with E-state index >= 15 is 0 Å². The predicted octanol–water partition coefficient (Wildman–Crippen LogP) is 7.06. The molecule has 0 bridgehead atoms. The molecule has 2 fully saturated rings. The topological polar surface area (TPSA) is 95.6 Å². The summed E-state index contributed by atoms with van der Waals surface area (Å²) in [6, 6.07) is 20.3. The molecule has 0 radical (unpaired) electrons. The molecule has 3 aromatic carbocycles. The summed E-state index contributed by atoms with van der Waals surface area (Å²) in [5.74, 6) is 0.745. The fourth-order valence-electron chi connectivity index (χ4n) is 7.17. The number of methoxy groups -OCH3 is 1. The quantitative estimate of drug-likeness (QED) is 0.163. The third-order valence-corrected chi connectivity index (χ3v) is 11.0. The summed E-state index contributed by atoms with van der Waals surface area (Å²) in [6.45, 7) is 3.71. The first-order chi connectivity index (χ1) is 23.8. The molecule has 0 aliphatic carbocycles. The maximum absolute atomic E-state index is 11.7. The molecule has 3 aliphatic heterocycles. The van der Waals surface area contributed by atoms with Gasteiger partial charge in [-0.05, 0) is 36.5 Å². The van der Waals surface area contributed by atoms with Gasteiger partial charge in [0.15, 0.2) is 0 Å². The molecule has 254 valence electrons. The van der Waals surface area contributed by atoms with Crippen LogP contribution in [0.2, 0.25) is 15.1 Å². The van der Waals surface area contributed by atoms with Crippen LogP contribution in [-0.2, 0) is 29.1 Å². The molecular formula is C38H38Cl3N5O3. The minimum Gasteiger partial charge on any atom is -0.481 e. The van der Waals surface area contributed by atoms with E-state index in [0.717, 1.165) is 77.8 Å². The Labute approximate surface area is 301 Å². The Kier molecular flexibility index (Phi) is 10.1. The summed E-state index contributed by atoms with van der Waals surface area (Å²) in [6.07, 6.45) is 3.79. The zero-order valence-electron chi connectivity index (χ0n) is 27.3. The number of carbonyl (C=O) groups excluding carboxylic acids is 2. The maximum atomic E-state index is 11.7. The molecule has 11 heteroatoms. The second-order valence-corrected chi connectivity index (χ2v) is 14.1. The number of nitrogens with zero attached hydrogens (tertiary/aromatic N) is 2. The third kappa shape index (κ3) is 7.16. The number of pyridine rings is 1. The smallest absolute Gasteiger partial charge is 0.220 e. The lowest BCUT2D eigenvalue weighted by atomic mass is 9.92. The van der Waals surface area contributed by atoms with Crippen LogP contribution in [0.25, 0.3) is 33.5 Å². The summed E-state index contributed by atoms with van der Waals surface area (Å²) in [4.78, 5) is 30.5. The number of benzene rings is 3. The van der Waals surface area contributed by atoms with Crippen LogP contribution in [0.3, 0.4) is 0 Å². The van der Waals surface area contributed by atoms with Crippen LogP contribution in [0.5, 0.6) is 5.88 Å². The van der Waals surface area contributed by atoms with Crippen molar-refractivity contribution >= 4 is 46.6 Å². The van der Waals surface area contributed by atoms with Crippen LogP contribution in [0.15, 0.2) is 60.7 Å². The van der Waals surface area contributed by atoms with Crippen molar-refractivity contribution in [3.8, 4) is 39.4 Å². The van der Waals surface area contributed by atoms with E-state index < -0.39 is 0 Å². The van der Waals surface area contributed by atoms with Crippen LogP contribution in [0.4, 0.5) is 0 Å². The summed E-state index contributed by atoms with van der Waals surface area (Å²) >= 11 is 21.5. The van der Waals surface area contributed by atoms with Crippen molar-refractivity contribution in [3.63, 3.8) is 0 Å². The van der Waals surface area contributed by atoms with E-state index in [-0.39, 0.29) is 23.9 Å². The van der Waals surface area contributed by atoms with Crippen molar-refractivity contribution in [1.29, 1.82) is 0 Å². The van der Waals surface area contributed by atoms with E-state index in [1.807, 2.05) is 48.5 Å². The Morgan fingerprint density at radius 3 is 2.08 bits per heavy atom. The minimum atomic E-state index is 0.102. The van der Waals surface area contributed by atoms with Gasteiger partial charge in [0.2, 0.25) is 17.7 Å². The zero-order valence-corrected chi connectivity index (χ0v) is 29.5. The minimum absolute atomic E-state index is 0.102. The molecular weight excluding hydrogens is 681 g/mol. The van der Waals surface area contributed by atoms with E-state index in [4.69, 9.17) is 44.5 Å². The molecule has 1 aromatic heterocycles. The standard InChI is InChI=1S/C38H38Cl3N5O3/c1-49-38-23(18-42-19-24-10-14-33(47)43-24)9-13-32(45-38)30-7-3-6-27(36(30)40)26-4-2-5-28(35(26)39)29-12-8-22-16-17-46(21-31(22)37(29)41)20-25-11-15-34(48)44-25/h2-9,12-13,24-25,42H,10-11,14-21H2,1H3,(H,43,47)(H,44,48). The summed E-state index contributed by atoms with van der Waals surface area (Å²) in [5.41, 5.74) is 8.01. The van der Waals surface area contributed by atoms with E-state index in [0.29, 0.717) is 52.6 Å². The highest BCUT2D eigenvalue weighted by Gasteiger charge is 2.27. The van der Waals surface area contributed by atoms with Crippen molar-refractivity contribution in [2.24, 2.45) is 0 Å². The number of amides is 2. The van der Waals surface area contributed by atoms with E-state index in [1.54, 1.807) is 7.11 Å². The molecule has 3 aliphatic rings. The van der Waals surface area contributed by atoms with Gasteiger partial charge in [0, 0.05) is 91.0 Å². The lowest BCUT2D eigenvalue weighted by Crippen LogP contribution is -2.41. The Bertz CT molecular complexity index is 1920. The van der Waals surface area contributed by atoms with E-state index in [1.165, 1.54) is 5.56 Å². The van der Waals surface area contributed by atoms with E-state index in [9.17, 15) is 9.59 Å². The normalized spacial score (nSPS) is 19.1. The van der Waals surface area contributed by atoms with Gasteiger partial charge in [0.25, 0.3) is 0 Å². The molecule has 4 aromatic rings. The first kappa shape index (κ1) is 33.8. The summed E-state index contributed by atoms with van der Waals surface area (Å²) in [7, 11) is 1.61. The van der Waals surface area contributed by atoms with Gasteiger partial charge in [-0.15, -0.1) is 0 Å². The van der Waals surface area contributed by atoms with Crippen LogP contribution in [0.1, 0.15) is 42.4 Å². The maximum Gasteiger partial charge on any atom is 0.220 e. The number of hydrogen-bond acceptors (Lipinski definition) is 6. The fraction of sp³-hybridized carbons (Fsp3) is 0.342. The number of aromatic nitrogens is 1. The predicted molar refractivity (Wildman–Crippen MR) is 195 cm³/mol. The van der Waals surface area contributed by atoms with Crippen molar-refractivity contribution in [3.05, 3.63) is 92.4 Å². The number of fused-ring (bicyclic) bond motifs is 1. The highest BCUT2D eigenvalue weighted by molar-refractivity contribution is 6.40. The zero-order chi connectivity index (χ0) is 34.1. The molecule has 2 unspecified atom stereocenters. The number of rotatable bonds is 10. The van der Waals surface area contributed by atoms with Gasteiger partial charge in [0.05, 0.1) is 27.9 Å². The van der Waals surface area contributed by atoms with E-state index in [2.05, 4.69) is 33.0 Å². The van der Waals surface area contributed by atoms with Gasteiger partial charge in [-0.3, -0.25) is 14.5 Å². The largest absolute Gasteiger partial charge is 0.481 e. The molecule has 3 N–H and O–H groups in total. The molecule has 7 rings (SSSR count). The van der Waals surface area contributed by atoms with Gasteiger partial charge in [-0.2, -0.15) is 0 Å². The highest BCUT2D eigenvalue weighted by Crippen LogP contribution is 2.45. The molecule has 2 amide bonds. The van der Waals surface area contributed by atoms with Gasteiger partial charge in [0.1, 0.15) is 0 Å². The fourth-order valence-corrected chi connectivity index (χ4v) is 8.17. The lowest BCUT2D eigenvalue weighted by Gasteiger charge is -2.32. The average Bonchev–Trinajstić information content (AvgIpc) is 3.72. The molecule has 2 atom stereocenters. The molecule has 49 heavy (non-hydrogen) atoms. The second kappa shape index (κ2) is 14.7. The molecule has 4 heterocycles. The number of hydrogen-bond donors (Lipinski definition) is 3. The van der Waals surface area contributed by atoms with Crippen LogP contribution < -0.4 is 20.7 Å². The van der Waals surface area contributed by atoms with Crippen molar-refractivity contribution < 1.29 is 14.3 Å². The number of nitrogens with one attached hydrogen (secondary N) is 3. The average molecular weight is 719 g/mol. The first-order valence-corrected chi connectivity index (χ1v) is 17.9. The highest BCUT2D eigenvalue weighted by atomic mass is 35.5. The first-order valence-electron chi connectivity index (χ1n) is 16.7. The molecule has 0 saturated carbocycles. The molecule has 8 nitrogen and oxygen atoms in total.